The molecule has 0 aliphatic rings. The van der Waals surface area contributed by atoms with Gasteiger partial charge < -0.3 is 9.84 Å². The van der Waals surface area contributed by atoms with Crippen LogP contribution in [-0.2, 0) is 20.9 Å². The summed E-state index contributed by atoms with van der Waals surface area (Å²) >= 11 is 0. The molecule has 2 aromatic rings. The molecule has 0 saturated carbocycles. The van der Waals surface area contributed by atoms with Crippen LogP contribution in [0.4, 0.5) is 0 Å². The molecule has 1 N–H and O–H groups in total. The maximum absolute atomic E-state index is 11.5. The van der Waals surface area contributed by atoms with Gasteiger partial charge in [0.15, 0.2) is 0 Å². The van der Waals surface area contributed by atoms with Crippen LogP contribution < -0.4 is 0 Å². The molecule has 0 amide bonds. The van der Waals surface area contributed by atoms with Crippen LogP contribution in [0.2, 0.25) is 0 Å². The number of carboxylic acid groups (broad SMARTS) is 1. The molecular formula is C18H18O4. The Morgan fingerprint density at radius 1 is 1.00 bits per heavy atom. The summed E-state index contributed by atoms with van der Waals surface area (Å²) in [6.45, 7) is 2.14. The summed E-state index contributed by atoms with van der Waals surface area (Å²) in [6.07, 6.45) is -0.311. The lowest BCUT2D eigenvalue weighted by molar-refractivity contribution is -0.148. The van der Waals surface area contributed by atoms with Gasteiger partial charge in [0.05, 0.1) is 12.8 Å². The fraction of sp³-hybridized carbons (Fsp3) is 0.222. The molecule has 2 rings (SSSR count). The number of carbonyl (C=O) groups excluding carboxylic acids is 1. The van der Waals surface area contributed by atoms with E-state index in [0.29, 0.717) is 0 Å². The fourth-order valence-electron chi connectivity index (χ4n) is 2.19. The van der Waals surface area contributed by atoms with E-state index in [2.05, 4.69) is 6.07 Å². The van der Waals surface area contributed by atoms with Crippen LogP contribution in [0.3, 0.4) is 0 Å². The molecule has 0 fully saturated rings. The second-order valence-corrected chi connectivity index (χ2v) is 5.13. The van der Waals surface area contributed by atoms with Crippen molar-refractivity contribution in [2.24, 2.45) is 0 Å². The first-order valence-electron chi connectivity index (χ1n) is 7.08. The predicted molar refractivity (Wildman–Crippen MR) is 83.3 cm³/mol. The van der Waals surface area contributed by atoms with Crippen LogP contribution >= 0.6 is 0 Å². The van der Waals surface area contributed by atoms with Crippen LogP contribution in [0.5, 0.6) is 0 Å². The molecule has 0 aliphatic heterocycles. The van der Waals surface area contributed by atoms with E-state index < -0.39 is 11.9 Å². The Morgan fingerprint density at radius 2 is 1.73 bits per heavy atom. The molecule has 0 saturated heterocycles. The summed E-state index contributed by atoms with van der Waals surface area (Å²) in [5.74, 6) is -1.50. The lowest BCUT2D eigenvalue weighted by Crippen LogP contribution is -2.07. The van der Waals surface area contributed by atoms with Crippen molar-refractivity contribution in [2.75, 3.05) is 0 Å². The van der Waals surface area contributed by atoms with Crippen molar-refractivity contribution >= 4 is 11.9 Å². The van der Waals surface area contributed by atoms with E-state index in [4.69, 9.17) is 9.84 Å². The molecule has 0 unspecified atom stereocenters. The second kappa shape index (κ2) is 7.41. The molecule has 22 heavy (non-hydrogen) atoms. The zero-order valence-electron chi connectivity index (χ0n) is 12.4. The van der Waals surface area contributed by atoms with Crippen molar-refractivity contribution in [3.63, 3.8) is 0 Å². The molecule has 0 aromatic heterocycles. The maximum atomic E-state index is 11.5. The van der Waals surface area contributed by atoms with Crippen molar-refractivity contribution in [1.29, 1.82) is 0 Å². The van der Waals surface area contributed by atoms with Gasteiger partial charge in [-0.3, -0.25) is 9.59 Å². The normalized spacial score (nSPS) is 10.2. The Bertz CT molecular complexity index is 662. The molecule has 0 atom stereocenters. The number of rotatable bonds is 6. The van der Waals surface area contributed by atoms with E-state index in [-0.39, 0.29) is 19.4 Å². The van der Waals surface area contributed by atoms with Crippen molar-refractivity contribution in [3.8, 4) is 11.1 Å². The number of hydrogen-bond donors (Lipinski definition) is 1. The molecular weight excluding hydrogens is 280 g/mol. The molecule has 0 aliphatic carbocycles. The minimum Gasteiger partial charge on any atom is -0.481 e. The van der Waals surface area contributed by atoms with Crippen molar-refractivity contribution in [1.82, 2.24) is 0 Å². The average Bonchev–Trinajstić information content (AvgIpc) is 2.51. The van der Waals surface area contributed by atoms with Gasteiger partial charge in [-0.2, -0.15) is 0 Å². The van der Waals surface area contributed by atoms with Gasteiger partial charge in [0, 0.05) is 0 Å². The number of aliphatic carboxylic acids is 1. The summed E-state index contributed by atoms with van der Waals surface area (Å²) in [6, 6.07) is 16.0. The Balaban J connectivity index is 2.04. The molecule has 0 radical (unpaired) electrons. The zero-order valence-corrected chi connectivity index (χ0v) is 12.4. The molecule has 0 heterocycles. The third-order valence-electron chi connectivity index (χ3n) is 3.19. The smallest absolute Gasteiger partial charge is 0.306 e. The van der Waals surface area contributed by atoms with Crippen LogP contribution in [-0.4, -0.2) is 17.0 Å². The van der Waals surface area contributed by atoms with Crippen LogP contribution in [0.1, 0.15) is 24.0 Å². The summed E-state index contributed by atoms with van der Waals surface area (Å²) in [7, 11) is 0. The largest absolute Gasteiger partial charge is 0.481 e. The lowest BCUT2D eigenvalue weighted by Gasteiger charge is -2.09. The van der Waals surface area contributed by atoms with Gasteiger partial charge in [0.25, 0.3) is 0 Å². The number of aryl methyl sites for hydroxylation is 1. The highest BCUT2D eigenvalue weighted by Crippen LogP contribution is 2.22. The molecule has 4 nitrogen and oxygen atoms in total. The molecule has 114 valence electrons. The molecule has 0 bridgehead atoms. The second-order valence-electron chi connectivity index (χ2n) is 5.13. The predicted octanol–water partition coefficient (Wildman–Crippen LogP) is 3.57. The highest BCUT2D eigenvalue weighted by molar-refractivity contribution is 5.76. The number of carbonyl (C=O) groups is 2. The molecule has 2 aromatic carbocycles. The Labute approximate surface area is 129 Å². The number of benzene rings is 2. The topological polar surface area (TPSA) is 63.6 Å². The van der Waals surface area contributed by atoms with Crippen LogP contribution in [0.15, 0.2) is 48.5 Å². The SMILES string of the molecule is Cc1cc(COC(=O)CCC(=O)O)cc(-c2ccccc2)c1. The average molecular weight is 298 g/mol. The van der Waals surface area contributed by atoms with Gasteiger partial charge in [0.2, 0.25) is 0 Å². The first-order chi connectivity index (χ1) is 10.5. The number of ether oxygens (including phenoxy) is 1. The van der Waals surface area contributed by atoms with E-state index >= 15 is 0 Å². The van der Waals surface area contributed by atoms with Crippen molar-refractivity contribution in [3.05, 3.63) is 59.7 Å². The summed E-state index contributed by atoms with van der Waals surface area (Å²) < 4.78 is 5.12. The van der Waals surface area contributed by atoms with E-state index in [1.807, 2.05) is 49.4 Å². The Kier molecular flexibility index (Phi) is 5.31. The maximum Gasteiger partial charge on any atom is 0.306 e. The fourth-order valence-corrected chi connectivity index (χ4v) is 2.19. The third kappa shape index (κ3) is 4.74. The van der Waals surface area contributed by atoms with Crippen LogP contribution in [0, 0.1) is 6.92 Å². The quantitative estimate of drug-likeness (QED) is 0.828. The monoisotopic (exact) mass is 298 g/mol. The summed E-state index contributed by atoms with van der Waals surface area (Å²) in [4.78, 5) is 21.9. The van der Waals surface area contributed by atoms with Crippen LogP contribution in [0.25, 0.3) is 11.1 Å². The molecule has 0 spiro atoms. The molecule has 4 heteroatoms. The summed E-state index contributed by atoms with van der Waals surface area (Å²) in [5, 5.41) is 8.54. The highest BCUT2D eigenvalue weighted by Gasteiger charge is 2.08. The van der Waals surface area contributed by atoms with E-state index in [9.17, 15) is 9.59 Å². The lowest BCUT2D eigenvalue weighted by atomic mass is 10.0. The minimum absolute atomic E-state index is 0.104. The third-order valence-corrected chi connectivity index (χ3v) is 3.19. The standard InChI is InChI=1S/C18H18O4/c1-13-9-14(12-22-18(21)8-7-17(19)20)11-16(10-13)15-5-3-2-4-6-15/h2-6,9-11H,7-8,12H2,1H3,(H,19,20). The van der Waals surface area contributed by atoms with Crippen molar-refractivity contribution in [2.45, 2.75) is 26.4 Å². The van der Waals surface area contributed by atoms with Gasteiger partial charge in [-0.15, -0.1) is 0 Å². The Morgan fingerprint density at radius 3 is 2.41 bits per heavy atom. The number of carboxylic acids is 1. The van der Waals surface area contributed by atoms with Gasteiger partial charge in [0.1, 0.15) is 6.61 Å². The van der Waals surface area contributed by atoms with Gasteiger partial charge >= 0.3 is 11.9 Å². The highest BCUT2D eigenvalue weighted by atomic mass is 16.5. The van der Waals surface area contributed by atoms with E-state index in [1.165, 1.54) is 0 Å². The van der Waals surface area contributed by atoms with Gasteiger partial charge in [-0.05, 0) is 29.7 Å². The van der Waals surface area contributed by atoms with E-state index in [1.54, 1.807) is 0 Å². The van der Waals surface area contributed by atoms with Gasteiger partial charge in [-0.25, -0.2) is 0 Å². The number of hydrogen-bond acceptors (Lipinski definition) is 3. The number of esters is 1. The minimum atomic E-state index is -1.00. The Hall–Kier alpha value is -2.62. The summed E-state index contributed by atoms with van der Waals surface area (Å²) in [5.41, 5.74) is 4.14. The zero-order chi connectivity index (χ0) is 15.9. The van der Waals surface area contributed by atoms with E-state index in [0.717, 1.165) is 22.3 Å². The first-order valence-corrected chi connectivity index (χ1v) is 7.08. The van der Waals surface area contributed by atoms with Gasteiger partial charge in [-0.1, -0.05) is 48.0 Å². The first kappa shape index (κ1) is 15.8. The van der Waals surface area contributed by atoms with Crippen molar-refractivity contribution < 1.29 is 19.4 Å².